The molecular formula is C54H41B2N3. The van der Waals surface area contributed by atoms with E-state index in [2.05, 4.69) is 218 Å². The summed E-state index contributed by atoms with van der Waals surface area (Å²) in [4.78, 5) is 7.91. The molecule has 0 aromatic heterocycles. The molecule has 0 bridgehead atoms. The molecule has 0 radical (unpaired) electrons. The number of para-hydroxylation sites is 3. The summed E-state index contributed by atoms with van der Waals surface area (Å²) in [6.45, 7) is 9.96. The van der Waals surface area contributed by atoms with Gasteiger partial charge in [-0.1, -0.05) is 178 Å². The lowest BCUT2D eigenvalue weighted by Crippen LogP contribution is -2.63. The maximum atomic E-state index is 2.74. The van der Waals surface area contributed by atoms with Gasteiger partial charge in [-0.25, -0.2) is 0 Å². The van der Waals surface area contributed by atoms with Gasteiger partial charge in [0.2, 0.25) is 13.4 Å². The van der Waals surface area contributed by atoms with Crippen molar-refractivity contribution in [3.8, 4) is 0 Å². The second-order valence-electron chi connectivity index (χ2n) is 18.1. The van der Waals surface area contributed by atoms with Gasteiger partial charge in [-0.15, -0.1) is 0 Å². The number of rotatable bonds is 5. The van der Waals surface area contributed by atoms with Gasteiger partial charge in [0.1, 0.15) is 0 Å². The Morgan fingerprint density at radius 1 is 0.339 bits per heavy atom. The van der Waals surface area contributed by atoms with Crippen molar-refractivity contribution in [2.75, 3.05) is 14.7 Å². The summed E-state index contributed by atoms with van der Waals surface area (Å²) in [5.41, 5.74) is 24.7. The van der Waals surface area contributed by atoms with E-state index in [1.165, 1.54) is 94.8 Å². The van der Waals surface area contributed by atoms with Crippen LogP contribution in [0.1, 0.15) is 49.9 Å². The summed E-state index contributed by atoms with van der Waals surface area (Å²) in [6, 6.07) is 66.3. The second kappa shape index (κ2) is 11.5. The third-order valence-electron chi connectivity index (χ3n) is 14.4. The molecule has 8 aromatic carbocycles. The van der Waals surface area contributed by atoms with Crippen LogP contribution in [0.25, 0.3) is 0 Å². The molecular weight excluding hydrogens is 712 g/mol. The predicted molar refractivity (Wildman–Crippen MR) is 251 cm³/mol. The van der Waals surface area contributed by atoms with Crippen LogP contribution in [-0.4, -0.2) is 13.4 Å². The molecule has 3 nitrogen and oxygen atoms in total. The first-order chi connectivity index (χ1) is 28.8. The van der Waals surface area contributed by atoms with E-state index in [-0.39, 0.29) is 24.3 Å². The summed E-state index contributed by atoms with van der Waals surface area (Å²) in [6.07, 6.45) is 0. The molecule has 278 valence electrons. The van der Waals surface area contributed by atoms with Gasteiger partial charge in [-0.2, -0.15) is 0 Å². The molecule has 5 heteroatoms. The standard InChI is InChI=1S/C54H41B2N3/c1-53(2)39-26-17-27-43-47(39)58-49-40(53)28-31-45-52(49)59-48-42(54(3,4)41-29-30-44(51(58)50(41)59)55(43)34-18-9-5-10-19-34)32-38(33-46(48)56(45)35-20-11-6-12-21-35)57(36-22-13-7-14-23-36)37-24-15-8-16-25-37/h5-33H,1-4H3. The maximum Gasteiger partial charge on any atom is 0.246 e. The lowest BCUT2D eigenvalue weighted by atomic mass is 9.33. The smallest absolute Gasteiger partial charge is 0.246 e. The summed E-state index contributed by atoms with van der Waals surface area (Å²) >= 11 is 0. The largest absolute Gasteiger partial charge is 0.311 e. The van der Waals surface area contributed by atoms with E-state index < -0.39 is 0 Å². The van der Waals surface area contributed by atoms with E-state index in [1.54, 1.807) is 0 Å². The third kappa shape index (κ3) is 4.15. The predicted octanol–water partition coefficient (Wildman–Crippen LogP) is 9.35. The Bertz CT molecular complexity index is 3030. The molecule has 0 amide bonds. The van der Waals surface area contributed by atoms with Crippen molar-refractivity contribution in [1.82, 2.24) is 0 Å². The Kier molecular flexibility index (Phi) is 6.48. The zero-order chi connectivity index (χ0) is 39.4. The normalized spacial score (nSPS) is 15.9. The number of anilines is 9. The summed E-state index contributed by atoms with van der Waals surface area (Å²) in [7, 11) is 0. The molecule has 0 atom stereocenters. The van der Waals surface area contributed by atoms with Gasteiger partial charge in [-0.05, 0) is 80.5 Å². The highest BCUT2D eigenvalue weighted by Crippen LogP contribution is 2.66. The molecule has 5 aliphatic rings. The SMILES string of the molecule is CC1(C)c2cccc3c2N2c4c(ccc5c4N4c6c(cc(N(c7ccccc7)c7ccccc7)cc6C5(C)C)B(c5ccccc5)c5ccc1c2c54)B3c1ccccc1. The van der Waals surface area contributed by atoms with Gasteiger partial charge < -0.3 is 14.7 Å². The minimum absolute atomic E-state index is 0.0264. The van der Waals surface area contributed by atoms with Gasteiger partial charge >= 0.3 is 0 Å². The molecule has 0 saturated heterocycles. The molecule has 8 aromatic rings. The van der Waals surface area contributed by atoms with Gasteiger partial charge in [0.15, 0.2) is 0 Å². The van der Waals surface area contributed by atoms with Crippen LogP contribution in [0.3, 0.4) is 0 Å². The van der Waals surface area contributed by atoms with Gasteiger partial charge in [0.05, 0.1) is 22.7 Å². The summed E-state index contributed by atoms with van der Waals surface area (Å²) in [5, 5.41) is 0. The van der Waals surface area contributed by atoms with Crippen molar-refractivity contribution in [3.05, 3.63) is 198 Å². The Balaban J connectivity index is 1.19. The molecule has 5 aliphatic heterocycles. The minimum atomic E-state index is -0.315. The first-order valence-corrected chi connectivity index (χ1v) is 21.1. The van der Waals surface area contributed by atoms with Crippen LogP contribution in [0.5, 0.6) is 0 Å². The van der Waals surface area contributed by atoms with Crippen molar-refractivity contribution in [2.45, 2.75) is 38.5 Å². The van der Waals surface area contributed by atoms with Gasteiger partial charge in [-0.3, -0.25) is 0 Å². The molecule has 0 spiro atoms. The van der Waals surface area contributed by atoms with E-state index in [9.17, 15) is 0 Å². The highest BCUT2D eigenvalue weighted by atomic mass is 15.3. The highest BCUT2D eigenvalue weighted by Gasteiger charge is 2.55. The summed E-state index contributed by atoms with van der Waals surface area (Å²) < 4.78 is 0. The Labute approximate surface area is 347 Å². The van der Waals surface area contributed by atoms with Crippen LogP contribution in [0.2, 0.25) is 0 Å². The van der Waals surface area contributed by atoms with Crippen LogP contribution in [0.4, 0.5) is 51.2 Å². The average molecular weight is 754 g/mol. The quantitative estimate of drug-likeness (QED) is 0.162. The highest BCUT2D eigenvalue weighted by molar-refractivity contribution is 6.99. The van der Waals surface area contributed by atoms with Crippen molar-refractivity contribution < 1.29 is 0 Å². The third-order valence-corrected chi connectivity index (χ3v) is 14.4. The zero-order valence-corrected chi connectivity index (χ0v) is 33.7. The molecule has 5 heterocycles. The lowest BCUT2D eigenvalue weighted by Gasteiger charge is -2.57. The first kappa shape index (κ1) is 33.3. The van der Waals surface area contributed by atoms with Gasteiger partial charge in [0, 0.05) is 39.3 Å². The fraction of sp³-hybridized carbons (Fsp3) is 0.111. The van der Waals surface area contributed by atoms with Crippen LogP contribution in [-0.2, 0) is 10.8 Å². The van der Waals surface area contributed by atoms with Crippen molar-refractivity contribution >= 4 is 97.4 Å². The van der Waals surface area contributed by atoms with E-state index in [0.29, 0.717) is 0 Å². The summed E-state index contributed by atoms with van der Waals surface area (Å²) in [5.74, 6) is 0. The molecule has 0 aliphatic carbocycles. The van der Waals surface area contributed by atoms with Crippen molar-refractivity contribution in [2.24, 2.45) is 0 Å². The first-order valence-electron chi connectivity index (χ1n) is 21.1. The minimum Gasteiger partial charge on any atom is -0.311 e. The topological polar surface area (TPSA) is 9.72 Å². The number of hydrogen-bond donors (Lipinski definition) is 0. The van der Waals surface area contributed by atoms with Crippen LogP contribution in [0, 0.1) is 0 Å². The monoisotopic (exact) mass is 753 g/mol. The second-order valence-corrected chi connectivity index (χ2v) is 18.1. The Morgan fingerprint density at radius 2 is 0.763 bits per heavy atom. The fourth-order valence-corrected chi connectivity index (χ4v) is 11.8. The van der Waals surface area contributed by atoms with Crippen LogP contribution < -0.4 is 47.5 Å². The lowest BCUT2D eigenvalue weighted by molar-refractivity contribution is 0.624. The van der Waals surface area contributed by atoms with Crippen LogP contribution >= 0.6 is 0 Å². The van der Waals surface area contributed by atoms with E-state index in [4.69, 9.17) is 0 Å². The van der Waals surface area contributed by atoms with Gasteiger partial charge in [0.25, 0.3) is 0 Å². The van der Waals surface area contributed by atoms with Crippen molar-refractivity contribution in [3.63, 3.8) is 0 Å². The maximum absolute atomic E-state index is 2.74. The molecule has 0 saturated carbocycles. The molecule has 0 unspecified atom stereocenters. The average Bonchev–Trinajstić information content (AvgIpc) is 3.27. The number of benzene rings is 8. The Hall–Kier alpha value is -6.71. The number of nitrogens with zero attached hydrogens (tertiary/aromatic N) is 3. The molecule has 13 rings (SSSR count). The zero-order valence-electron chi connectivity index (χ0n) is 33.7. The van der Waals surface area contributed by atoms with E-state index in [1.807, 2.05) is 0 Å². The van der Waals surface area contributed by atoms with Crippen molar-refractivity contribution in [1.29, 1.82) is 0 Å². The Morgan fingerprint density at radius 3 is 1.29 bits per heavy atom. The van der Waals surface area contributed by atoms with E-state index in [0.717, 1.165) is 11.4 Å². The fourth-order valence-electron chi connectivity index (χ4n) is 11.8. The number of hydrogen-bond acceptors (Lipinski definition) is 3. The molecule has 0 fully saturated rings. The molecule has 59 heavy (non-hydrogen) atoms. The molecule has 0 N–H and O–H groups in total. The van der Waals surface area contributed by atoms with E-state index >= 15 is 0 Å². The van der Waals surface area contributed by atoms with Crippen LogP contribution in [0.15, 0.2) is 176 Å².